The molecule has 16 heavy (non-hydrogen) atoms. The SMILES string of the molecule is FC(F)(F)c1ccc(N2CC[CH]CC2)nc1. The van der Waals surface area contributed by atoms with Crippen molar-refractivity contribution in [3.8, 4) is 0 Å². The summed E-state index contributed by atoms with van der Waals surface area (Å²) in [5.74, 6) is 0.626. The summed E-state index contributed by atoms with van der Waals surface area (Å²) < 4.78 is 36.9. The van der Waals surface area contributed by atoms with Crippen molar-refractivity contribution in [2.45, 2.75) is 19.0 Å². The first-order valence-electron chi connectivity index (χ1n) is 5.17. The normalized spacial score (nSPS) is 17.6. The van der Waals surface area contributed by atoms with Gasteiger partial charge in [-0.25, -0.2) is 4.98 Å². The molecule has 0 bridgehead atoms. The Labute approximate surface area is 92.1 Å². The number of hydrogen-bond donors (Lipinski definition) is 0. The number of halogens is 3. The lowest BCUT2D eigenvalue weighted by molar-refractivity contribution is -0.137. The molecule has 1 fully saturated rings. The number of pyridine rings is 1. The summed E-state index contributed by atoms with van der Waals surface area (Å²) in [6, 6.07) is 2.52. The molecular weight excluding hydrogens is 217 g/mol. The summed E-state index contributed by atoms with van der Waals surface area (Å²) in [6.07, 6.45) is 0.695. The summed E-state index contributed by atoms with van der Waals surface area (Å²) >= 11 is 0. The van der Waals surface area contributed by atoms with E-state index in [0.29, 0.717) is 5.82 Å². The molecule has 0 unspecified atom stereocenters. The maximum atomic E-state index is 12.3. The Kier molecular flexibility index (Phi) is 3.03. The van der Waals surface area contributed by atoms with E-state index in [9.17, 15) is 13.2 Å². The lowest BCUT2D eigenvalue weighted by Gasteiger charge is -2.27. The second kappa shape index (κ2) is 4.31. The van der Waals surface area contributed by atoms with Gasteiger partial charge in [0.05, 0.1) is 5.56 Å². The molecule has 0 aromatic carbocycles. The van der Waals surface area contributed by atoms with Crippen molar-refractivity contribution >= 4 is 5.82 Å². The van der Waals surface area contributed by atoms with E-state index >= 15 is 0 Å². The van der Waals surface area contributed by atoms with Crippen LogP contribution in [0.5, 0.6) is 0 Å². The molecule has 1 aliphatic heterocycles. The Morgan fingerprint density at radius 2 is 1.81 bits per heavy atom. The van der Waals surface area contributed by atoms with E-state index in [1.807, 2.05) is 4.90 Å². The molecule has 87 valence electrons. The molecule has 1 aromatic rings. The highest BCUT2D eigenvalue weighted by Gasteiger charge is 2.30. The van der Waals surface area contributed by atoms with Crippen molar-refractivity contribution in [1.82, 2.24) is 4.98 Å². The maximum Gasteiger partial charge on any atom is 0.417 e. The standard InChI is InChI=1S/C11H12F3N2/c12-11(13,14)9-4-5-10(15-8-9)16-6-2-1-3-7-16/h1,4-5,8H,2-3,6-7H2. The van der Waals surface area contributed by atoms with Gasteiger partial charge >= 0.3 is 6.18 Å². The zero-order chi connectivity index (χ0) is 11.6. The highest BCUT2D eigenvalue weighted by Crippen LogP contribution is 2.29. The number of nitrogens with zero attached hydrogens (tertiary/aromatic N) is 2. The van der Waals surface area contributed by atoms with Crippen molar-refractivity contribution in [2.24, 2.45) is 0 Å². The van der Waals surface area contributed by atoms with Gasteiger partial charge in [0.1, 0.15) is 5.82 Å². The number of hydrogen-bond acceptors (Lipinski definition) is 2. The number of rotatable bonds is 1. The Morgan fingerprint density at radius 3 is 2.31 bits per heavy atom. The van der Waals surface area contributed by atoms with Crippen LogP contribution in [-0.2, 0) is 6.18 Å². The van der Waals surface area contributed by atoms with Crippen LogP contribution >= 0.6 is 0 Å². The molecule has 1 aromatic heterocycles. The monoisotopic (exact) mass is 229 g/mol. The molecular formula is C11H12F3N2. The quantitative estimate of drug-likeness (QED) is 0.736. The molecule has 2 rings (SSSR count). The van der Waals surface area contributed by atoms with Crippen LogP contribution in [0, 0.1) is 6.42 Å². The van der Waals surface area contributed by atoms with Gasteiger partial charge in [-0.1, -0.05) is 0 Å². The van der Waals surface area contributed by atoms with E-state index in [4.69, 9.17) is 0 Å². The van der Waals surface area contributed by atoms with Gasteiger partial charge in [0, 0.05) is 19.3 Å². The number of piperidine rings is 1. The van der Waals surface area contributed by atoms with Gasteiger partial charge in [-0.15, -0.1) is 0 Å². The fourth-order valence-electron chi connectivity index (χ4n) is 1.72. The van der Waals surface area contributed by atoms with Crippen LogP contribution in [0.3, 0.4) is 0 Å². The number of aromatic nitrogens is 1. The molecule has 1 radical (unpaired) electrons. The van der Waals surface area contributed by atoms with Crippen molar-refractivity contribution in [3.05, 3.63) is 30.3 Å². The lowest BCUT2D eigenvalue weighted by atomic mass is 10.1. The van der Waals surface area contributed by atoms with Crippen LogP contribution in [-0.4, -0.2) is 18.1 Å². The minimum Gasteiger partial charge on any atom is -0.357 e. The topological polar surface area (TPSA) is 16.1 Å². The van der Waals surface area contributed by atoms with Crippen LogP contribution in [0.2, 0.25) is 0 Å². The van der Waals surface area contributed by atoms with E-state index in [-0.39, 0.29) is 0 Å². The minimum atomic E-state index is -4.30. The van der Waals surface area contributed by atoms with Gasteiger partial charge in [0.25, 0.3) is 0 Å². The van der Waals surface area contributed by atoms with Crippen molar-refractivity contribution in [2.75, 3.05) is 18.0 Å². The summed E-state index contributed by atoms with van der Waals surface area (Å²) in [5, 5.41) is 0. The molecule has 1 saturated heterocycles. The Balaban J connectivity index is 2.12. The smallest absolute Gasteiger partial charge is 0.357 e. The van der Waals surface area contributed by atoms with Gasteiger partial charge in [0.2, 0.25) is 0 Å². The first-order valence-corrected chi connectivity index (χ1v) is 5.17. The second-order valence-electron chi connectivity index (χ2n) is 3.76. The van der Waals surface area contributed by atoms with Gasteiger partial charge in [0.15, 0.2) is 0 Å². The van der Waals surface area contributed by atoms with Gasteiger partial charge < -0.3 is 4.90 Å². The molecule has 0 spiro atoms. The summed E-state index contributed by atoms with van der Waals surface area (Å²) in [7, 11) is 0. The Bertz CT molecular complexity index is 339. The maximum absolute atomic E-state index is 12.3. The zero-order valence-electron chi connectivity index (χ0n) is 8.67. The molecule has 0 N–H and O–H groups in total. The fraction of sp³-hybridized carbons (Fsp3) is 0.455. The molecule has 0 saturated carbocycles. The van der Waals surface area contributed by atoms with Gasteiger partial charge in [-0.3, -0.25) is 0 Å². The van der Waals surface area contributed by atoms with Crippen LogP contribution in [0.1, 0.15) is 18.4 Å². The fourth-order valence-corrected chi connectivity index (χ4v) is 1.72. The predicted molar refractivity (Wildman–Crippen MR) is 55.0 cm³/mol. The first-order chi connectivity index (χ1) is 7.57. The first kappa shape index (κ1) is 11.2. The highest BCUT2D eigenvalue weighted by atomic mass is 19.4. The van der Waals surface area contributed by atoms with Crippen LogP contribution < -0.4 is 4.90 Å². The van der Waals surface area contributed by atoms with Crippen molar-refractivity contribution in [1.29, 1.82) is 0 Å². The molecule has 0 atom stereocenters. The third-order valence-corrected chi connectivity index (χ3v) is 2.61. The molecule has 2 heterocycles. The van der Waals surface area contributed by atoms with Crippen LogP contribution in [0.15, 0.2) is 18.3 Å². The molecule has 0 aliphatic carbocycles. The van der Waals surface area contributed by atoms with E-state index in [1.54, 1.807) is 0 Å². The largest absolute Gasteiger partial charge is 0.417 e. The zero-order valence-corrected chi connectivity index (χ0v) is 8.67. The van der Waals surface area contributed by atoms with E-state index in [0.717, 1.165) is 38.2 Å². The summed E-state index contributed by atoms with van der Waals surface area (Å²) in [5.41, 5.74) is -0.695. The number of alkyl halides is 3. The third kappa shape index (κ3) is 2.46. The summed E-state index contributed by atoms with van der Waals surface area (Å²) in [4.78, 5) is 5.86. The average Bonchev–Trinajstić information content (AvgIpc) is 2.29. The third-order valence-electron chi connectivity index (χ3n) is 2.61. The van der Waals surface area contributed by atoms with Crippen molar-refractivity contribution in [3.63, 3.8) is 0 Å². The van der Waals surface area contributed by atoms with E-state index in [1.165, 1.54) is 6.07 Å². The Morgan fingerprint density at radius 1 is 1.12 bits per heavy atom. The van der Waals surface area contributed by atoms with Crippen LogP contribution in [0.25, 0.3) is 0 Å². The number of anilines is 1. The average molecular weight is 229 g/mol. The van der Waals surface area contributed by atoms with Crippen molar-refractivity contribution < 1.29 is 13.2 Å². The predicted octanol–water partition coefficient (Wildman–Crippen LogP) is 2.90. The Hall–Kier alpha value is -1.26. The highest BCUT2D eigenvalue weighted by molar-refractivity contribution is 5.40. The van der Waals surface area contributed by atoms with Gasteiger partial charge in [-0.2, -0.15) is 13.2 Å². The van der Waals surface area contributed by atoms with E-state index in [2.05, 4.69) is 11.4 Å². The molecule has 1 aliphatic rings. The molecule has 5 heteroatoms. The summed E-state index contributed by atoms with van der Waals surface area (Å²) in [6.45, 7) is 1.66. The molecule has 0 amide bonds. The van der Waals surface area contributed by atoms with Gasteiger partial charge in [-0.05, 0) is 31.4 Å². The van der Waals surface area contributed by atoms with Crippen LogP contribution in [0.4, 0.5) is 19.0 Å². The second-order valence-corrected chi connectivity index (χ2v) is 3.76. The van der Waals surface area contributed by atoms with E-state index < -0.39 is 11.7 Å². The molecule has 2 nitrogen and oxygen atoms in total. The minimum absolute atomic E-state index is 0.626. The lowest BCUT2D eigenvalue weighted by Crippen LogP contribution is -2.30.